The molecule has 0 amide bonds. The van der Waals surface area contributed by atoms with Gasteiger partial charge in [0.25, 0.3) is 0 Å². The van der Waals surface area contributed by atoms with Crippen molar-refractivity contribution in [1.82, 2.24) is 0 Å². The van der Waals surface area contributed by atoms with E-state index in [1.54, 1.807) is 0 Å². The first-order valence-corrected chi connectivity index (χ1v) is 16.0. The van der Waals surface area contributed by atoms with Gasteiger partial charge in [-0.2, -0.15) is 0 Å². The molecule has 1 N–H and O–H groups in total. The van der Waals surface area contributed by atoms with E-state index in [9.17, 15) is 5.11 Å². The number of hydrogen-bond donors (Lipinski definition) is 1. The van der Waals surface area contributed by atoms with Gasteiger partial charge >= 0.3 is 197 Å². The first kappa shape index (κ1) is 26.3. The number of hydrogen-bond acceptors (Lipinski definition) is 3. The van der Waals surface area contributed by atoms with Crippen molar-refractivity contribution in [2.75, 3.05) is 6.61 Å². The fourth-order valence-electron chi connectivity index (χ4n) is 3.04. The SMILES string of the molecule is C[C@H](OCc1ccccc1)[C@H]([Se]c1ccccc1)[C@@H](O)CCCO[Si](C)(C)C(C)(C)C. The van der Waals surface area contributed by atoms with Gasteiger partial charge in [-0.1, -0.05) is 0 Å². The van der Waals surface area contributed by atoms with Crippen molar-refractivity contribution in [2.24, 2.45) is 0 Å². The van der Waals surface area contributed by atoms with E-state index < -0.39 is 14.4 Å². The van der Waals surface area contributed by atoms with Crippen LogP contribution in [-0.2, 0) is 15.8 Å². The molecule has 0 aliphatic carbocycles. The van der Waals surface area contributed by atoms with Crippen LogP contribution in [0.15, 0.2) is 60.7 Å². The zero-order chi connectivity index (χ0) is 22.9. The van der Waals surface area contributed by atoms with Crippen LogP contribution in [0.1, 0.15) is 46.1 Å². The Bertz CT molecular complexity index is 746. The third kappa shape index (κ3) is 8.84. The van der Waals surface area contributed by atoms with Crippen LogP contribution in [0.4, 0.5) is 0 Å². The molecule has 3 nitrogen and oxygen atoms in total. The average Bonchev–Trinajstić information content (AvgIpc) is 2.74. The average molecular weight is 508 g/mol. The summed E-state index contributed by atoms with van der Waals surface area (Å²) in [6.07, 6.45) is 1.21. The van der Waals surface area contributed by atoms with Crippen LogP contribution in [0.25, 0.3) is 0 Å². The van der Waals surface area contributed by atoms with Crippen LogP contribution in [0, 0.1) is 0 Å². The number of ether oxygens (including phenoxy) is 1. The predicted molar refractivity (Wildman–Crippen MR) is 135 cm³/mol. The molecule has 172 valence electrons. The summed E-state index contributed by atoms with van der Waals surface area (Å²) in [7, 11) is -1.74. The van der Waals surface area contributed by atoms with Gasteiger partial charge in [-0.3, -0.25) is 0 Å². The summed E-state index contributed by atoms with van der Waals surface area (Å²) in [5.74, 6) is 0. The fourth-order valence-corrected chi connectivity index (χ4v) is 6.63. The van der Waals surface area contributed by atoms with Gasteiger partial charge in [-0.05, 0) is 0 Å². The number of benzene rings is 2. The Balaban J connectivity index is 1.95. The number of aliphatic hydroxyl groups excluding tert-OH is 1. The molecule has 2 aromatic rings. The third-order valence-corrected chi connectivity index (χ3v) is 13.8. The molecule has 0 saturated heterocycles. The fraction of sp³-hybridized carbons (Fsp3) is 0.538. The Labute approximate surface area is 196 Å². The Morgan fingerprint density at radius 2 is 1.55 bits per heavy atom. The van der Waals surface area contributed by atoms with Crippen molar-refractivity contribution in [2.45, 2.75) is 82.3 Å². The molecule has 0 unspecified atom stereocenters. The molecular formula is C26H40O3SeSi. The molecule has 2 rings (SSSR count). The van der Waals surface area contributed by atoms with Gasteiger partial charge in [-0.25, -0.2) is 0 Å². The van der Waals surface area contributed by atoms with Crippen LogP contribution in [0.5, 0.6) is 0 Å². The summed E-state index contributed by atoms with van der Waals surface area (Å²) in [6, 6.07) is 20.7. The Hall–Kier alpha value is -0.944. The Kier molecular flexibility index (Phi) is 10.5. The van der Waals surface area contributed by atoms with E-state index >= 15 is 0 Å². The minimum absolute atomic E-state index is 0.0169. The summed E-state index contributed by atoms with van der Waals surface area (Å²) in [5, 5.41) is 11.3. The maximum atomic E-state index is 11.1. The quantitative estimate of drug-likeness (QED) is 0.301. The summed E-state index contributed by atoms with van der Waals surface area (Å²) < 4.78 is 13.8. The molecule has 0 radical (unpaired) electrons. The first-order valence-electron chi connectivity index (χ1n) is 11.3. The van der Waals surface area contributed by atoms with Crippen molar-refractivity contribution in [3.63, 3.8) is 0 Å². The van der Waals surface area contributed by atoms with Crippen LogP contribution >= 0.6 is 0 Å². The summed E-state index contributed by atoms with van der Waals surface area (Å²) in [4.78, 5) is 0.103. The molecule has 0 aliphatic heterocycles. The van der Waals surface area contributed by atoms with E-state index in [0.29, 0.717) is 6.61 Å². The van der Waals surface area contributed by atoms with Gasteiger partial charge in [0.1, 0.15) is 0 Å². The Morgan fingerprint density at radius 1 is 0.968 bits per heavy atom. The van der Waals surface area contributed by atoms with Gasteiger partial charge < -0.3 is 0 Å². The van der Waals surface area contributed by atoms with Crippen molar-refractivity contribution in [1.29, 1.82) is 0 Å². The van der Waals surface area contributed by atoms with Crippen LogP contribution < -0.4 is 4.46 Å². The van der Waals surface area contributed by atoms with Gasteiger partial charge in [0, 0.05) is 0 Å². The number of aliphatic hydroxyl groups is 1. The normalized spacial score (nSPS) is 15.5. The standard InChI is InChI=1S/C26H40O3SeSi/c1-21(28-20-22-14-9-7-10-15-22)25(30-23-16-11-8-12-17-23)24(27)18-13-19-29-31(5,6)26(2,3)4/h7-12,14-17,21,24-25,27H,13,18-20H2,1-6H3/t21-,24-,25-/m0/s1. The summed E-state index contributed by atoms with van der Waals surface area (Å²) in [5.41, 5.74) is 1.16. The second kappa shape index (κ2) is 12.3. The summed E-state index contributed by atoms with van der Waals surface area (Å²) in [6.45, 7) is 14.7. The van der Waals surface area contributed by atoms with Gasteiger partial charge in [0.05, 0.1) is 0 Å². The van der Waals surface area contributed by atoms with Crippen LogP contribution in [0.3, 0.4) is 0 Å². The van der Waals surface area contributed by atoms with E-state index in [-0.39, 0.29) is 30.9 Å². The molecule has 0 aromatic heterocycles. The van der Waals surface area contributed by atoms with E-state index in [0.717, 1.165) is 25.0 Å². The monoisotopic (exact) mass is 508 g/mol. The van der Waals surface area contributed by atoms with Gasteiger partial charge in [0.2, 0.25) is 0 Å². The molecule has 0 fully saturated rings. The van der Waals surface area contributed by atoms with E-state index in [1.165, 1.54) is 4.46 Å². The van der Waals surface area contributed by atoms with Gasteiger partial charge in [0.15, 0.2) is 0 Å². The molecule has 0 bridgehead atoms. The molecule has 0 saturated carbocycles. The second-order valence-corrected chi connectivity index (χ2v) is 17.2. The van der Waals surface area contributed by atoms with E-state index in [1.807, 2.05) is 24.3 Å². The molecule has 0 spiro atoms. The van der Waals surface area contributed by atoms with Crippen molar-refractivity contribution in [3.05, 3.63) is 66.2 Å². The molecular weight excluding hydrogens is 467 g/mol. The van der Waals surface area contributed by atoms with Crippen LogP contribution in [-0.4, -0.2) is 47.2 Å². The predicted octanol–water partition coefficient (Wildman–Crippen LogP) is 5.57. The zero-order valence-electron chi connectivity index (χ0n) is 20.0. The van der Waals surface area contributed by atoms with Gasteiger partial charge in [-0.15, -0.1) is 0 Å². The molecule has 0 aliphatic rings. The van der Waals surface area contributed by atoms with Crippen molar-refractivity contribution in [3.8, 4) is 0 Å². The van der Waals surface area contributed by atoms with Crippen molar-refractivity contribution < 1.29 is 14.3 Å². The van der Waals surface area contributed by atoms with E-state index in [4.69, 9.17) is 9.16 Å². The number of rotatable bonds is 12. The minimum atomic E-state index is -1.74. The second-order valence-electron chi connectivity index (χ2n) is 9.72. The maximum absolute atomic E-state index is 11.1. The van der Waals surface area contributed by atoms with E-state index in [2.05, 4.69) is 77.2 Å². The topological polar surface area (TPSA) is 38.7 Å². The third-order valence-electron chi connectivity index (χ3n) is 6.13. The zero-order valence-corrected chi connectivity index (χ0v) is 22.7. The molecule has 2 aromatic carbocycles. The first-order chi connectivity index (χ1) is 14.6. The Morgan fingerprint density at radius 3 is 2.13 bits per heavy atom. The van der Waals surface area contributed by atoms with Crippen molar-refractivity contribution >= 4 is 27.7 Å². The molecule has 31 heavy (non-hydrogen) atoms. The van der Waals surface area contributed by atoms with Crippen LogP contribution in [0.2, 0.25) is 22.9 Å². The molecule has 0 heterocycles. The summed E-state index contributed by atoms with van der Waals surface area (Å²) >= 11 is 0.136. The molecule has 5 heteroatoms. The molecule has 3 atom stereocenters.